The topological polar surface area (TPSA) is 84.7 Å². The van der Waals surface area contributed by atoms with Crippen molar-refractivity contribution >= 4 is 45.8 Å². The fourth-order valence-electron chi connectivity index (χ4n) is 3.48. The molecule has 0 saturated heterocycles. The van der Waals surface area contributed by atoms with Crippen molar-refractivity contribution in [2.24, 2.45) is 0 Å². The van der Waals surface area contributed by atoms with Gasteiger partial charge in [0.05, 0.1) is 5.39 Å². The summed E-state index contributed by atoms with van der Waals surface area (Å²) >= 11 is 12.6. The van der Waals surface area contributed by atoms with E-state index >= 15 is 0 Å². The normalized spacial score (nSPS) is 14.7. The molecule has 1 aliphatic carbocycles. The zero-order chi connectivity index (χ0) is 19.3. The first-order chi connectivity index (χ1) is 13.6. The van der Waals surface area contributed by atoms with E-state index in [1.807, 2.05) is 6.08 Å². The molecule has 2 aromatic carbocycles. The Morgan fingerprint density at radius 1 is 1.11 bits per heavy atom. The van der Waals surface area contributed by atoms with Crippen LogP contribution in [0.3, 0.4) is 0 Å². The van der Waals surface area contributed by atoms with Crippen LogP contribution in [0.15, 0.2) is 45.6 Å². The summed E-state index contributed by atoms with van der Waals surface area (Å²) < 4.78 is 6.10. The Labute approximate surface area is 168 Å². The van der Waals surface area contributed by atoms with Gasteiger partial charge in [-0.1, -0.05) is 29.3 Å². The van der Waals surface area contributed by atoms with Gasteiger partial charge in [-0.25, -0.2) is 0 Å². The van der Waals surface area contributed by atoms with Crippen molar-refractivity contribution in [2.45, 2.75) is 12.8 Å². The molecule has 6 nitrogen and oxygen atoms in total. The lowest BCUT2D eigenvalue weighted by molar-refractivity contribution is 0.585. The van der Waals surface area contributed by atoms with Gasteiger partial charge in [-0.15, -0.1) is 10.2 Å². The van der Waals surface area contributed by atoms with Crippen LogP contribution in [0.5, 0.6) is 0 Å². The number of tetrazole rings is 1. The molecule has 2 aromatic heterocycles. The molecule has 8 heteroatoms. The minimum Gasteiger partial charge on any atom is -0.456 e. The highest BCUT2D eigenvalue weighted by Gasteiger charge is 2.24. The van der Waals surface area contributed by atoms with Gasteiger partial charge in [0.25, 0.3) is 0 Å². The summed E-state index contributed by atoms with van der Waals surface area (Å²) in [7, 11) is 0. The van der Waals surface area contributed by atoms with Crippen LogP contribution in [-0.2, 0) is 6.42 Å². The number of nitrogens with one attached hydrogen (secondary N) is 1. The van der Waals surface area contributed by atoms with E-state index in [4.69, 9.17) is 27.6 Å². The third-order valence-corrected chi connectivity index (χ3v) is 5.50. The predicted molar refractivity (Wildman–Crippen MR) is 108 cm³/mol. The quantitative estimate of drug-likeness (QED) is 0.514. The van der Waals surface area contributed by atoms with E-state index in [9.17, 15) is 4.79 Å². The highest BCUT2D eigenvalue weighted by atomic mass is 35.5. The Bertz CT molecular complexity index is 1290. The van der Waals surface area contributed by atoms with Crippen molar-refractivity contribution in [1.82, 2.24) is 20.6 Å². The molecule has 2 heterocycles. The third-order valence-electron chi connectivity index (χ3n) is 4.84. The van der Waals surface area contributed by atoms with E-state index in [0.29, 0.717) is 56.6 Å². The number of H-pyrrole nitrogens is 1. The molecule has 0 aliphatic heterocycles. The van der Waals surface area contributed by atoms with E-state index in [1.54, 1.807) is 36.4 Å². The predicted octanol–water partition coefficient (Wildman–Crippen LogP) is 4.77. The average Bonchev–Trinajstić information content (AvgIpc) is 3.35. The summed E-state index contributed by atoms with van der Waals surface area (Å²) in [5, 5.41) is 15.5. The largest absolute Gasteiger partial charge is 0.456 e. The monoisotopic (exact) mass is 410 g/mol. The maximum absolute atomic E-state index is 13.1. The molecule has 5 rings (SSSR count). The molecule has 0 fully saturated rings. The second kappa shape index (κ2) is 6.58. The molecule has 0 spiro atoms. The second-order valence-corrected chi connectivity index (χ2v) is 7.30. The molecule has 0 atom stereocenters. The van der Waals surface area contributed by atoms with Crippen molar-refractivity contribution in [3.63, 3.8) is 0 Å². The standard InChI is InChI=1S/C20H12Cl2N4O2/c21-15-2-1-3-16(22)13(15)8-10-4-6-12-18(27)14-9-11(20-23-25-26-24-20)5-7-17(14)28-19(10)12/h1-3,5,7-9H,4,6H2,(H,23,24,25,26)/b10-8+. The molecule has 0 amide bonds. The zero-order valence-corrected chi connectivity index (χ0v) is 15.9. The molecule has 4 aromatic rings. The first-order valence-corrected chi connectivity index (χ1v) is 9.36. The van der Waals surface area contributed by atoms with Gasteiger partial charge < -0.3 is 4.42 Å². The smallest absolute Gasteiger partial charge is 0.204 e. The van der Waals surface area contributed by atoms with Gasteiger partial charge in [0.15, 0.2) is 5.43 Å². The minimum absolute atomic E-state index is 0.0461. The van der Waals surface area contributed by atoms with Crippen molar-refractivity contribution < 1.29 is 4.42 Å². The molecule has 1 N–H and O–H groups in total. The van der Waals surface area contributed by atoms with E-state index in [-0.39, 0.29) is 5.43 Å². The summed E-state index contributed by atoms with van der Waals surface area (Å²) in [5.41, 5.74) is 3.46. The van der Waals surface area contributed by atoms with Crippen LogP contribution < -0.4 is 5.43 Å². The Morgan fingerprint density at radius 3 is 2.68 bits per heavy atom. The first-order valence-electron chi connectivity index (χ1n) is 8.60. The van der Waals surface area contributed by atoms with Crippen LogP contribution >= 0.6 is 23.2 Å². The van der Waals surface area contributed by atoms with Gasteiger partial charge in [0.1, 0.15) is 11.3 Å². The summed E-state index contributed by atoms with van der Waals surface area (Å²) in [6, 6.07) is 10.6. The van der Waals surface area contributed by atoms with Crippen LogP contribution in [0.25, 0.3) is 34.0 Å². The number of aromatic nitrogens is 4. The lowest BCUT2D eigenvalue weighted by Crippen LogP contribution is -2.08. The summed E-state index contributed by atoms with van der Waals surface area (Å²) in [6.45, 7) is 0. The molecule has 28 heavy (non-hydrogen) atoms. The van der Waals surface area contributed by atoms with Gasteiger partial charge in [-0.3, -0.25) is 4.79 Å². The molecular weight excluding hydrogens is 399 g/mol. The summed E-state index contributed by atoms with van der Waals surface area (Å²) in [4.78, 5) is 13.1. The number of fused-ring (bicyclic) bond motifs is 2. The van der Waals surface area contributed by atoms with Crippen molar-refractivity contribution in [3.05, 3.63) is 73.6 Å². The van der Waals surface area contributed by atoms with Crippen LogP contribution in [0.1, 0.15) is 23.3 Å². The maximum atomic E-state index is 13.1. The van der Waals surface area contributed by atoms with E-state index < -0.39 is 0 Å². The lowest BCUT2D eigenvalue weighted by Gasteiger charge is -2.06. The number of aromatic amines is 1. The molecule has 138 valence electrons. The van der Waals surface area contributed by atoms with Crippen LogP contribution in [0, 0.1) is 0 Å². The lowest BCUT2D eigenvalue weighted by atomic mass is 10.1. The molecule has 1 aliphatic rings. The number of rotatable bonds is 2. The molecular formula is C20H12Cl2N4O2. The second-order valence-electron chi connectivity index (χ2n) is 6.49. The van der Waals surface area contributed by atoms with Crippen LogP contribution in [0.4, 0.5) is 0 Å². The van der Waals surface area contributed by atoms with Gasteiger partial charge in [-0.2, -0.15) is 5.21 Å². The number of benzene rings is 2. The zero-order valence-electron chi connectivity index (χ0n) is 14.4. The molecule has 0 radical (unpaired) electrons. The molecule has 0 unspecified atom stereocenters. The van der Waals surface area contributed by atoms with Crippen molar-refractivity contribution in [2.75, 3.05) is 0 Å². The molecule has 0 saturated carbocycles. The molecule has 0 bridgehead atoms. The Hall–Kier alpha value is -2.96. The van der Waals surface area contributed by atoms with Crippen LogP contribution in [-0.4, -0.2) is 20.6 Å². The first kappa shape index (κ1) is 17.2. The Morgan fingerprint density at radius 2 is 1.93 bits per heavy atom. The van der Waals surface area contributed by atoms with Gasteiger partial charge in [0.2, 0.25) is 5.82 Å². The Balaban J connectivity index is 1.67. The maximum Gasteiger partial charge on any atom is 0.204 e. The van der Waals surface area contributed by atoms with Gasteiger partial charge >= 0.3 is 0 Å². The van der Waals surface area contributed by atoms with Crippen LogP contribution in [0.2, 0.25) is 10.0 Å². The number of allylic oxidation sites excluding steroid dienone is 1. The van der Waals surface area contributed by atoms with Gasteiger partial charge in [0, 0.05) is 26.7 Å². The van der Waals surface area contributed by atoms with Crippen molar-refractivity contribution in [3.8, 4) is 11.4 Å². The van der Waals surface area contributed by atoms with E-state index in [0.717, 1.165) is 11.1 Å². The van der Waals surface area contributed by atoms with E-state index in [1.165, 1.54) is 0 Å². The van der Waals surface area contributed by atoms with Crippen molar-refractivity contribution in [1.29, 1.82) is 0 Å². The van der Waals surface area contributed by atoms with E-state index in [2.05, 4.69) is 20.6 Å². The minimum atomic E-state index is -0.0461. The summed E-state index contributed by atoms with van der Waals surface area (Å²) in [5.74, 6) is 1.02. The number of nitrogens with zero attached hydrogens (tertiary/aromatic N) is 3. The fourth-order valence-corrected chi connectivity index (χ4v) is 3.98. The number of halogens is 2. The Kier molecular flexibility index (Phi) is 4.03. The highest BCUT2D eigenvalue weighted by Crippen LogP contribution is 2.37. The average molecular weight is 411 g/mol. The fraction of sp³-hybridized carbons (Fsp3) is 0.100. The van der Waals surface area contributed by atoms with Gasteiger partial charge in [-0.05, 0) is 60.0 Å². The highest BCUT2D eigenvalue weighted by molar-refractivity contribution is 6.37. The number of hydrogen-bond acceptors (Lipinski definition) is 5. The summed E-state index contributed by atoms with van der Waals surface area (Å²) in [6.07, 6.45) is 3.19. The third kappa shape index (κ3) is 2.73. The SMILES string of the molecule is O=c1c2c(oc3ccc(-c4nn[nH]n4)cc13)/C(=C/c1c(Cl)cccc1Cl)CC2. The number of hydrogen-bond donors (Lipinski definition) is 1.